The number of Topliss-reactive ketones (excluding diaryl/α,β-unsaturated/α-hetero) is 1. The molecule has 1 N–H and O–H groups in total. The van der Waals surface area contributed by atoms with Gasteiger partial charge in [0.2, 0.25) is 15.7 Å². The van der Waals surface area contributed by atoms with Crippen molar-refractivity contribution in [2.45, 2.75) is 30.3 Å². The number of amides is 1. The molecule has 8 nitrogen and oxygen atoms in total. The van der Waals surface area contributed by atoms with Crippen molar-refractivity contribution in [3.63, 3.8) is 0 Å². The van der Waals surface area contributed by atoms with Crippen molar-refractivity contribution in [3.05, 3.63) is 82.1 Å². The maximum atomic E-state index is 12.8. The van der Waals surface area contributed by atoms with Gasteiger partial charge in [-0.3, -0.25) is 14.4 Å². The summed E-state index contributed by atoms with van der Waals surface area (Å²) in [6.07, 6.45) is 0. The maximum Gasteiger partial charge on any atom is 0.267 e. The molecule has 0 radical (unpaired) electrons. The molecule has 0 fully saturated rings. The van der Waals surface area contributed by atoms with E-state index in [4.69, 9.17) is 0 Å². The summed E-state index contributed by atoms with van der Waals surface area (Å²) in [6.45, 7) is 2.68. The lowest BCUT2D eigenvalue weighted by Crippen LogP contribution is -2.30. The van der Waals surface area contributed by atoms with E-state index in [9.17, 15) is 22.8 Å². The van der Waals surface area contributed by atoms with Gasteiger partial charge in [-0.1, -0.05) is 24.3 Å². The Kier molecular flexibility index (Phi) is 5.93. The molecule has 0 spiro atoms. The quantitative estimate of drug-likeness (QED) is 0.606. The zero-order chi connectivity index (χ0) is 21.9. The van der Waals surface area contributed by atoms with E-state index in [0.717, 1.165) is 22.4 Å². The van der Waals surface area contributed by atoms with Crippen LogP contribution in [0.2, 0.25) is 0 Å². The number of anilines is 1. The smallest absolute Gasteiger partial charge is 0.267 e. The first-order valence-corrected chi connectivity index (χ1v) is 10.5. The number of rotatable bonds is 6. The average Bonchev–Trinajstić information content (AvgIpc) is 2.69. The highest BCUT2D eigenvalue weighted by Gasteiger charge is 2.21. The van der Waals surface area contributed by atoms with Gasteiger partial charge in [0.1, 0.15) is 6.54 Å². The van der Waals surface area contributed by atoms with Crippen LogP contribution in [-0.2, 0) is 21.2 Å². The third kappa shape index (κ3) is 4.69. The van der Waals surface area contributed by atoms with E-state index < -0.39 is 27.8 Å². The Morgan fingerprint density at radius 3 is 2.47 bits per heavy atom. The Labute approximate surface area is 173 Å². The second kappa shape index (κ2) is 8.42. The Balaban J connectivity index is 1.85. The highest BCUT2D eigenvalue weighted by Crippen LogP contribution is 2.19. The largest absolute Gasteiger partial charge is 0.324 e. The highest BCUT2D eigenvalue weighted by molar-refractivity contribution is 7.91. The molecule has 0 bridgehead atoms. The summed E-state index contributed by atoms with van der Waals surface area (Å²) < 4.78 is 26.4. The van der Waals surface area contributed by atoms with E-state index in [1.54, 1.807) is 37.3 Å². The van der Waals surface area contributed by atoms with Crippen LogP contribution in [0.15, 0.2) is 75.4 Å². The lowest BCUT2D eigenvalue weighted by Gasteiger charge is -2.09. The SMILES string of the molecule is CC(=O)c1cccc(NC(=O)Cn2nc(S(=O)(=O)c3cccc(C)c3)ccc2=O)c1. The average molecular weight is 425 g/mol. The number of carbonyl (C=O) groups is 2. The van der Waals surface area contributed by atoms with E-state index in [-0.39, 0.29) is 15.7 Å². The zero-order valence-electron chi connectivity index (χ0n) is 16.3. The van der Waals surface area contributed by atoms with E-state index in [1.807, 2.05) is 0 Å². The topological polar surface area (TPSA) is 115 Å². The molecule has 30 heavy (non-hydrogen) atoms. The molecule has 154 valence electrons. The monoisotopic (exact) mass is 425 g/mol. The van der Waals surface area contributed by atoms with Crippen molar-refractivity contribution in [1.29, 1.82) is 0 Å². The van der Waals surface area contributed by atoms with Crippen molar-refractivity contribution in [2.24, 2.45) is 0 Å². The van der Waals surface area contributed by atoms with Gasteiger partial charge < -0.3 is 5.32 Å². The summed E-state index contributed by atoms with van der Waals surface area (Å²) in [7, 11) is -3.95. The fourth-order valence-electron chi connectivity index (χ4n) is 2.74. The minimum atomic E-state index is -3.95. The van der Waals surface area contributed by atoms with Crippen LogP contribution in [-0.4, -0.2) is 29.9 Å². The van der Waals surface area contributed by atoms with Crippen LogP contribution in [0, 0.1) is 6.92 Å². The predicted molar refractivity (Wildman–Crippen MR) is 110 cm³/mol. The first kappa shape index (κ1) is 21.1. The van der Waals surface area contributed by atoms with Gasteiger partial charge in [-0.15, -0.1) is 0 Å². The van der Waals surface area contributed by atoms with Crippen LogP contribution >= 0.6 is 0 Å². The molecule has 0 atom stereocenters. The van der Waals surface area contributed by atoms with Gasteiger partial charge in [-0.05, 0) is 49.7 Å². The molecular formula is C21H19N3O5S. The summed E-state index contributed by atoms with van der Waals surface area (Å²) in [4.78, 5) is 36.0. The van der Waals surface area contributed by atoms with Crippen LogP contribution in [0.25, 0.3) is 0 Å². The number of sulfone groups is 1. The molecule has 0 aliphatic rings. The van der Waals surface area contributed by atoms with E-state index in [0.29, 0.717) is 11.3 Å². The van der Waals surface area contributed by atoms with Crippen molar-refractivity contribution in [2.75, 3.05) is 5.32 Å². The number of aromatic nitrogens is 2. The third-order valence-corrected chi connectivity index (χ3v) is 5.91. The predicted octanol–water partition coefficient (Wildman–Crippen LogP) is 2.23. The molecule has 3 rings (SSSR count). The lowest BCUT2D eigenvalue weighted by atomic mass is 10.1. The van der Waals surface area contributed by atoms with Gasteiger partial charge in [0.25, 0.3) is 5.56 Å². The molecular weight excluding hydrogens is 406 g/mol. The number of nitrogens with one attached hydrogen (secondary N) is 1. The van der Waals surface area contributed by atoms with E-state index in [2.05, 4.69) is 10.4 Å². The molecule has 0 saturated heterocycles. The highest BCUT2D eigenvalue weighted by atomic mass is 32.2. The van der Waals surface area contributed by atoms with Crippen LogP contribution in [0.1, 0.15) is 22.8 Å². The summed E-state index contributed by atoms with van der Waals surface area (Å²) in [5, 5.41) is 6.11. The normalized spacial score (nSPS) is 11.1. The van der Waals surface area contributed by atoms with Crippen LogP contribution in [0.4, 0.5) is 5.69 Å². The molecule has 1 amide bonds. The number of hydrogen-bond acceptors (Lipinski definition) is 6. The van der Waals surface area contributed by atoms with E-state index in [1.165, 1.54) is 25.1 Å². The Bertz CT molecular complexity index is 1300. The van der Waals surface area contributed by atoms with Crippen molar-refractivity contribution in [1.82, 2.24) is 9.78 Å². The molecule has 0 unspecified atom stereocenters. The van der Waals surface area contributed by atoms with Crippen LogP contribution in [0.5, 0.6) is 0 Å². The fourth-order valence-corrected chi connectivity index (χ4v) is 4.04. The number of carbonyl (C=O) groups excluding carboxylic acids is 2. The first-order chi connectivity index (χ1) is 14.2. The number of hydrogen-bond donors (Lipinski definition) is 1. The second-order valence-electron chi connectivity index (χ2n) is 6.67. The fraction of sp³-hybridized carbons (Fsp3) is 0.143. The molecule has 3 aromatic rings. The Hall–Kier alpha value is -3.59. The van der Waals surface area contributed by atoms with E-state index >= 15 is 0 Å². The molecule has 0 saturated carbocycles. The minimum absolute atomic E-state index is 0.0469. The number of ketones is 1. The second-order valence-corrected chi connectivity index (χ2v) is 8.57. The molecule has 2 aromatic carbocycles. The standard InChI is InChI=1S/C21H19N3O5S/c1-14-5-3-8-18(11-14)30(28,29)20-9-10-21(27)24(23-20)13-19(26)22-17-7-4-6-16(12-17)15(2)25/h3-12H,13H2,1-2H3,(H,22,26). The van der Waals surface area contributed by atoms with Gasteiger partial charge >= 0.3 is 0 Å². The molecule has 0 aliphatic carbocycles. The minimum Gasteiger partial charge on any atom is -0.324 e. The Morgan fingerprint density at radius 2 is 1.77 bits per heavy atom. The maximum absolute atomic E-state index is 12.8. The number of nitrogens with zero attached hydrogens (tertiary/aromatic N) is 2. The van der Waals surface area contributed by atoms with Gasteiger partial charge in [-0.2, -0.15) is 5.10 Å². The summed E-state index contributed by atoms with van der Waals surface area (Å²) in [5.41, 5.74) is 0.945. The van der Waals surface area contributed by atoms with Gasteiger partial charge in [0, 0.05) is 17.3 Å². The van der Waals surface area contributed by atoms with Crippen LogP contribution < -0.4 is 10.9 Å². The third-order valence-electron chi connectivity index (χ3n) is 4.26. The van der Waals surface area contributed by atoms with Crippen molar-refractivity contribution in [3.8, 4) is 0 Å². The molecule has 1 heterocycles. The molecule has 1 aromatic heterocycles. The summed E-state index contributed by atoms with van der Waals surface area (Å²) in [6, 6.07) is 14.8. The van der Waals surface area contributed by atoms with Crippen LogP contribution in [0.3, 0.4) is 0 Å². The number of benzene rings is 2. The number of aryl methyl sites for hydroxylation is 1. The van der Waals surface area contributed by atoms with Gasteiger partial charge in [0.05, 0.1) is 4.90 Å². The molecule has 0 aliphatic heterocycles. The van der Waals surface area contributed by atoms with Crippen molar-refractivity contribution >= 4 is 27.2 Å². The summed E-state index contributed by atoms with van der Waals surface area (Å²) >= 11 is 0. The van der Waals surface area contributed by atoms with Crippen molar-refractivity contribution < 1.29 is 18.0 Å². The molecule has 9 heteroatoms. The van der Waals surface area contributed by atoms with Gasteiger partial charge in [-0.25, -0.2) is 13.1 Å². The summed E-state index contributed by atoms with van der Waals surface area (Å²) in [5.74, 6) is -0.742. The Morgan fingerprint density at radius 1 is 1.03 bits per heavy atom. The lowest BCUT2D eigenvalue weighted by molar-refractivity contribution is -0.117. The zero-order valence-corrected chi connectivity index (χ0v) is 17.1. The van der Waals surface area contributed by atoms with Gasteiger partial charge in [0.15, 0.2) is 10.8 Å². The first-order valence-electron chi connectivity index (χ1n) is 8.97.